The van der Waals surface area contributed by atoms with Crippen LogP contribution >= 0.6 is 11.8 Å². The number of ether oxygens (including phenoxy) is 1. The van der Waals surface area contributed by atoms with Gasteiger partial charge in [-0.2, -0.15) is 5.10 Å². The van der Waals surface area contributed by atoms with Crippen LogP contribution in [0.2, 0.25) is 0 Å². The maximum absolute atomic E-state index is 13.0. The number of carbonyl (C=O) groups is 1. The van der Waals surface area contributed by atoms with Gasteiger partial charge in [0.25, 0.3) is 5.56 Å². The van der Waals surface area contributed by atoms with Gasteiger partial charge in [-0.05, 0) is 33.6 Å². The largest absolute Gasteiger partial charge is 0.376 e. The number of thioether (sulfide) groups is 1. The molecule has 1 amide bonds. The Kier molecular flexibility index (Phi) is 4.75. The first-order valence-corrected chi connectivity index (χ1v) is 10.3. The number of hydrogen-bond acceptors (Lipinski definition) is 6. The Hall–Kier alpha value is -1.87. The molecule has 0 bridgehead atoms. The Morgan fingerprint density at radius 2 is 2.26 bits per heavy atom. The molecule has 1 saturated heterocycles. The average Bonchev–Trinajstić information content (AvgIpc) is 3.32. The van der Waals surface area contributed by atoms with Gasteiger partial charge < -0.3 is 10.1 Å². The van der Waals surface area contributed by atoms with Crippen molar-refractivity contribution in [1.82, 2.24) is 24.6 Å². The van der Waals surface area contributed by atoms with E-state index in [4.69, 9.17) is 4.74 Å². The summed E-state index contributed by atoms with van der Waals surface area (Å²) in [4.78, 5) is 30.1. The van der Waals surface area contributed by atoms with E-state index in [9.17, 15) is 9.59 Å². The molecule has 0 aromatic carbocycles. The van der Waals surface area contributed by atoms with Gasteiger partial charge in [0.15, 0.2) is 10.8 Å². The van der Waals surface area contributed by atoms with Crippen LogP contribution in [0, 0.1) is 0 Å². The molecule has 2 aromatic heterocycles. The van der Waals surface area contributed by atoms with E-state index in [2.05, 4.69) is 15.4 Å². The molecule has 9 heteroatoms. The summed E-state index contributed by atoms with van der Waals surface area (Å²) in [7, 11) is 0. The van der Waals surface area contributed by atoms with Crippen LogP contribution in [0.4, 0.5) is 0 Å². The van der Waals surface area contributed by atoms with E-state index in [1.807, 2.05) is 20.8 Å². The Balaban J connectivity index is 1.54. The maximum Gasteiger partial charge on any atom is 0.265 e. The zero-order valence-corrected chi connectivity index (χ0v) is 16.7. The number of rotatable bonds is 4. The van der Waals surface area contributed by atoms with E-state index >= 15 is 0 Å². The fraction of sp³-hybridized carbons (Fsp3) is 0.667. The van der Waals surface area contributed by atoms with Crippen molar-refractivity contribution in [2.24, 2.45) is 0 Å². The summed E-state index contributed by atoms with van der Waals surface area (Å²) in [5.41, 5.74) is 0.229. The molecular formula is C18H25N5O3S. The predicted molar refractivity (Wildman–Crippen MR) is 103 cm³/mol. The third-order valence-electron chi connectivity index (χ3n) is 4.98. The molecule has 1 fully saturated rings. The zero-order chi connectivity index (χ0) is 19.2. The van der Waals surface area contributed by atoms with Crippen LogP contribution in [0.1, 0.15) is 46.1 Å². The second-order valence-corrected chi connectivity index (χ2v) is 9.13. The fourth-order valence-electron chi connectivity index (χ4n) is 3.59. The number of nitrogens with zero attached hydrogens (tertiary/aromatic N) is 4. The van der Waals surface area contributed by atoms with Crippen LogP contribution in [0.3, 0.4) is 0 Å². The highest BCUT2D eigenvalue weighted by Crippen LogP contribution is 2.33. The molecule has 0 radical (unpaired) electrons. The first-order chi connectivity index (χ1) is 12.8. The van der Waals surface area contributed by atoms with E-state index in [0.29, 0.717) is 28.5 Å². The topological polar surface area (TPSA) is 91.0 Å². The first kappa shape index (κ1) is 18.5. The molecule has 0 aliphatic carbocycles. The SMILES string of the molecule is CC(C)(C)n1ncc2c(=O)n3c(nc21)SCC3CC(=O)NCC1CCCO1. The van der Waals surface area contributed by atoms with E-state index in [1.54, 1.807) is 15.4 Å². The average molecular weight is 391 g/mol. The minimum Gasteiger partial charge on any atom is -0.376 e. The lowest BCUT2D eigenvalue weighted by atomic mass is 10.1. The summed E-state index contributed by atoms with van der Waals surface area (Å²) >= 11 is 1.52. The van der Waals surface area contributed by atoms with E-state index in [1.165, 1.54) is 11.8 Å². The summed E-state index contributed by atoms with van der Waals surface area (Å²) in [6.07, 6.45) is 4.01. The normalized spacial score (nSPS) is 22.3. The van der Waals surface area contributed by atoms with Gasteiger partial charge in [0.1, 0.15) is 5.39 Å². The lowest BCUT2D eigenvalue weighted by Gasteiger charge is -2.20. The molecule has 146 valence electrons. The van der Waals surface area contributed by atoms with E-state index in [-0.39, 0.29) is 35.6 Å². The highest BCUT2D eigenvalue weighted by Gasteiger charge is 2.30. The molecule has 0 spiro atoms. The number of fused-ring (bicyclic) bond motifs is 2. The minimum atomic E-state index is -0.259. The Labute approximate surface area is 161 Å². The molecule has 2 aromatic rings. The number of amides is 1. The number of carbonyl (C=O) groups excluding carboxylic acids is 1. The summed E-state index contributed by atoms with van der Waals surface area (Å²) in [6.45, 7) is 7.39. The Bertz CT molecular complexity index is 923. The Morgan fingerprint density at radius 1 is 1.44 bits per heavy atom. The standard InChI is InChI=1S/C18H25N5O3S/c1-18(2,3)23-15-13(9-20-23)16(25)22-11(10-27-17(22)21-15)7-14(24)19-8-12-5-4-6-26-12/h9,11-12H,4-8,10H2,1-3H3,(H,19,24). The molecule has 1 N–H and O–H groups in total. The second kappa shape index (κ2) is 6.94. The van der Waals surface area contributed by atoms with Crippen molar-refractivity contribution < 1.29 is 9.53 Å². The molecule has 27 heavy (non-hydrogen) atoms. The van der Waals surface area contributed by atoms with Crippen molar-refractivity contribution in [3.8, 4) is 0 Å². The first-order valence-electron chi connectivity index (χ1n) is 9.36. The number of hydrogen-bond donors (Lipinski definition) is 1. The highest BCUT2D eigenvalue weighted by atomic mass is 32.2. The van der Waals surface area contributed by atoms with Gasteiger partial charge in [-0.1, -0.05) is 11.8 Å². The van der Waals surface area contributed by atoms with Crippen LogP contribution in [-0.4, -0.2) is 50.2 Å². The summed E-state index contributed by atoms with van der Waals surface area (Å²) in [5.74, 6) is 0.617. The maximum atomic E-state index is 13.0. The molecular weight excluding hydrogens is 366 g/mol. The monoisotopic (exact) mass is 391 g/mol. The lowest BCUT2D eigenvalue weighted by molar-refractivity contribution is -0.122. The molecule has 2 atom stereocenters. The van der Waals surface area contributed by atoms with Gasteiger partial charge in [-0.3, -0.25) is 14.2 Å². The number of aromatic nitrogens is 4. The van der Waals surface area contributed by atoms with Gasteiger partial charge in [0.05, 0.1) is 23.9 Å². The van der Waals surface area contributed by atoms with Crippen molar-refractivity contribution in [3.05, 3.63) is 16.6 Å². The fourth-order valence-corrected chi connectivity index (χ4v) is 4.72. The van der Waals surface area contributed by atoms with Gasteiger partial charge >= 0.3 is 0 Å². The van der Waals surface area contributed by atoms with Crippen molar-refractivity contribution >= 4 is 28.7 Å². The molecule has 2 unspecified atom stereocenters. The summed E-state index contributed by atoms with van der Waals surface area (Å²) < 4.78 is 8.98. The van der Waals surface area contributed by atoms with Crippen molar-refractivity contribution in [2.45, 2.75) is 62.9 Å². The van der Waals surface area contributed by atoms with E-state index in [0.717, 1.165) is 19.4 Å². The molecule has 0 saturated carbocycles. The molecule has 2 aliphatic heterocycles. The van der Waals surface area contributed by atoms with Gasteiger partial charge in [-0.25, -0.2) is 9.67 Å². The molecule has 4 rings (SSSR count). The summed E-state index contributed by atoms with van der Waals surface area (Å²) in [5, 5.41) is 8.47. The van der Waals surface area contributed by atoms with Gasteiger partial charge in [0.2, 0.25) is 5.91 Å². The van der Waals surface area contributed by atoms with Crippen LogP contribution in [0.25, 0.3) is 11.0 Å². The smallest absolute Gasteiger partial charge is 0.265 e. The predicted octanol–water partition coefficient (Wildman–Crippen LogP) is 1.68. The quantitative estimate of drug-likeness (QED) is 0.798. The van der Waals surface area contributed by atoms with Crippen molar-refractivity contribution in [2.75, 3.05) is 18.9 Å². The minimum absolute atomic E-state index is 0.0543. The summed E-state index contributed by atoms with van der Waals surface area (Å²) in [6, 6.07) is -0.183. The molecule has 8 nitrogen and oxygen atoms in total. The van der Waals surface area contributed by atoms with Crippen LogP contribution in [0.15, 0.2) is 16.1 Å². The zero-order valence-electron chi connectivity index (χ0n) is 15.9. The van der Waals surface area contributed by atoms with Crippen molar-refractivity contribution in [1.29, 1.82) is 0 Å². The van der Waals surface area contributed by atoms with Crippen LogP contribution in [-0.2, 0) is 15.1 Å². The Morgan fingerprint density at radius 3 is 2.96 bits per heavy atom. The third-order valence-corrected chi connectivity index (χ3v) is 6.08. The number of nitrogens with one attached hydrogen (secondary N) is 1. The van der Waals surface area contributed by atoms with E-state index < -0.39 is 0 Å². The molecule has 2 aliphatic rings. The van der Waals surface area contributed by atoms with Gasteiger partial charge in [0, 0.05) is 25.3 Å². The van der Waals surface area contributed by atoms with Gasteiger partial charge in [-0.15, -0.1) is 0 Å². The van der Waals surface area contributed by atoms with Crippen molar-refractivity contribution in [3.63, 3.8) is 0 Å². The van der Waals surface area contributed by atoms with Crippen LogP contribution in [0.5, 0.6) is 0 Å². The molecule has 4 heterocycles. The highest BCUT2D eigenvalue weighted by molar-refractivity contribution is 7.99. The second-order valence-electron chi connectivity index (χ2n) is 8.14. The third kappa shape index (κ3) is 3.50. The van der Waals surface area contributed by atoms with Crippen LogP contribution < -0.4 is 10.9 Å². The lowest BCUT2D eigenvalue weighted by Crippen LogP contribution is -2.34.